The Hall–Kier alpha value is -3.41. The fourth-order valence-corrected chi connectivity index (χ4v) is 3.94. The van der Waals surface area contributed by atoms with E-state index in [0.29, 0.717) is 40.8 Å². The third kappa shape index (κ3) is 3.70. The molecule has 1 amide bonds. The predicted molar refractivity (Wildman–Crippen MR) is 119 cm³/mol. The molecule has 0 unspecified atom stereocenters. The number of ether oxygens (including phenoxy) is 1. The lowest BCUT2D eigenvalue weighted by atomic mass is 10.0. The number of esters is 1. The first-order chi connectivity index (χ1) is 15.3. The average molecular weight is 453 g/mol. The van der Waals surface area contributed by atoms with Gasteiger partial charge in [-0.2, -0.15) is 5.10 Å². The Labute approximate surface area is 189 Å². The molecule has 0 radical (unpaired) electrons. The maximum atomic E-state index is 12.4. The van der Waals surface area contributed by atoms with Crippen LogP contribution in [0, 0.1) is 11.8 Å². The molecule has 1 aliphatic rings. The second-order valence-corrected chi connectivity index (χ2v) is 7.92. The van der Waals surface area contributed by atoms with Gasteiger partial charge in [0.15, 0.2) is 5.69 Å². The molecule has 9 heteroatoms. The Morgan fingerprint density at radius 3 is 2.81 bits per heavy atom. The van der Waals surface area contributed by atoms with E-state index < -0.39 is 17.5 Å². The van der Waals surface area contributed by atoms with Gasteiger partial charge in [0.25, 0.3) is 5.91 Å². The lowest BCUT2D eigenvalue weighted by molar-refractivity contribution is -0.137. The summed E-state index contributed by atoms with van der Waals surface area (Å²) in [6.45, 7) is 2.37. The highest BCUT2D eigenvalue weighted by Crippen LogP contribution is 2.28. The number of carbonyl (C=O) groups is 2. The number of halogens is 1. The number of aryl methyl sites for hydroxylation is 1. The molecule has 1 fully saturated rings. The number of amides is 1. The minimum atomic E-state index is -1.68. The molecule has 3 heterocycles. The van der Waals surface area contributed by atoms with Gasteiger partial charge in [0.05, 0.1) is 29.4 Å². The van der Waals surface area contributed by atoms with Crippen LogP contribution in [0.5, 0.6) is 0 Å². The first kappa shape index (κ1) is 21.8. The number of aliphatic hydroxyl groups is 1. The number of rotatable bonds is 3. The molecule has 2 aromatic heterocycles. The van der Waals surface area contributed by atoms with Crippen molar-refractivity contribution in [3.05, 3.63) is 52.4 Å². The van der Waals surface area contributed by atoms with Crippen molar-refractivity contribution in [2.24, 2.45) is 0 Å². The van der Waals surface area contributed by atoms with E-state index in [1.807, 2.05) is 13.0 Å². The van der Waals surface area contributed by atoms with Crippen LogP contribution in [-0.2, 0) is 16.0 Å². The van der Waals surface area contributed by atoms with E-state index in [9.17, 15) is 14.7 Å². The summed E-state index contributed by atoms with van der Waals surface area (Å²) in [6, 6.07) is 8.75. The van der Waals surface area contributed by atoms with Crippen LogP contribution in [0.25, 0.3) is 16.6 Å². The van der Waals surface area contributed by atoms with Crippen LogP contribution in [0.4, 0.5) is 0 Å². The van der Waals surface area contributed by atoms with Crippen molar-refractivity contribution >= 4 is 34.4 Å². The maximum Gasteiger partial charge on any atom is 0.359 e. The molecule has 164 valence electrons. The number of nitrogens with zero attached hydrogens (tertiary/aromatic N) is 4. The minimum Gasteiger partial charge on any atom is -0.464 e. The summed E-state index contributed by atoms with van der Waals surface area (Å²) in [5.74, 6) is 4.62. The molecule has 1 N–H and O–H groups in total. The zero-order valence-electron chi connectivity index (χ0n) is 17.8. The highest BCUT2D eigenvalue weighted by Gasteiger charge is 2.42. The summed E-state index contributed by atoms with van der Waals surface area (Å²) in [5, 5.41) is 15.9. The van der Waals surface area contributed by atoms with Crippen molar-refractivity contribution in [2.45, 2.75) is 25.4 Å². The number of aromatic nitrogens is 3. The molecule has 1 aliphatic heterocycles. The highest BCUT2D eigenvalue weighted by atomic mass is 35.5. The zero-order chi connectivity index (χ0) is 23.0. The summed E-state index contributed by atoms with van der Waals surface area (Å²) < 4.78 is 6.50. The molecule has 1 atom stereocenters. The molecule has 0 spiro atoms. The second-order valence-electron chi connectivity index (χ2n) is 7.53. The molecular formula is C23H21ClN4O4. The summed E-state index contributed by atoms with van der Waals surface area (Å²) in [6.07, 6.45) is 0.811. The van der Waals surface area contributed by atoms with Gasteiger partial charge in [0.2, 0.25) is 5.60 Å². The molecule has 3 aromatic rings. The number of likely N-dealkylation sites (tertiary alicyclic amines) is 1. The number of hydrogen-bond donors (Lipinski definition) is 1. The summed E-state index contributed by atoms with van der Waals surface area (Å²) in [4.78, 5) is 30.3. The van der Waals surface area contributed by atoms with Crippen LogP contribution in [0.2, 0.25) is 5.15 Å². The van der Waals surface area contributed by atoms with Crippen molar-refractivity contribution in [1.82, 2.24) is 19.7 Å². The van der Waals surface area contributed by atoms with Crippen molar-refractivity contribution in [2.75, 3.05) is 20.7 Å². The Morgan fingerprint density at radius 2 is 2.16 bits per heavy atom. The molecule has 0 saturated carbocycles. The normalized spacial score (nSPS) is 18.0. The molecular weight excluding hydrogens is 432 g/mol. The zero-order valence-corrected chi connectivity index (χ0v) is 18.6. The van der Waals surface area contributed by atoms with E-state index >= 15 is 0 Å². The van der Waals surface area contributed by atoms with Gasteiger partial charge in [-0.3, -0.25) is 4.79 Å². The summed E-state index contributed by atoms with van der Waals surface area (Å²) >= 11 is 6.22. The molecule has 0 aliphatic carbocycles. The average Bonchev–Trinajstić information content (AvgIpc) is 3.30. The number of methoxy groups -OCH3 is 1. The van der Waals surface area contributed by atoms with Crippen molar-refractivity contribution in [3.63, 3.8) is 0 Å². The topological polar surface area (TPSA) is 97.5 Å². The highest BCUT2D eigenvalue weighted by molar-refractivity contribution is 6.30. The fraction of sp³-hybridized carbons (Fsp3) is 0.304. The van der Waals surface area contributed by atoms with E-state index in [0.717, 1.165) is 0 Å². The third-order valence-electron chi connectivity index (χ3n) is 5.43. The maximum absolute atomic E-state index is 12.4. The van der Waals surface area contributed by atoms with Gasteiger partial charge in [-0.25, -0.2) is 14.5 Å². The molecule has 1 saturated heterocycles. The Bertz CT molecular complexity index is 1310. The number of hydrogen-bond acceptors (Lipinski definition) is 6. The molecule has 0 bridgehead atoms. The lowest BCUT2D eigenvalue weighted by Gasteiger charge is -2.13. The van der Waals surface area contributed by atoms with E-state index in [1.165, 1.54) is 12.0 Å². The van der Waals surface area contributed by atoms with Crippen LogP contribution in [0.3, 0.4) is 0 Å². The van der Waals surface area contributed by atoms with Crippen molar-refractivity contribution < 1.29 is 19.4 Å². The van der Waals surface area contributed by atoms with Crippen LogP contribution in [0.1, 0.15) is 35.1 Å². The van der Waals surface area contributed by atoms with E-state index in [1.54, 1.807) is 36.0 Å². The van der Waals surface area contributed by atoms with Crippen molar-refractivity contribution in [3.8, 4) is 17.5 Å². The second kappa shape index (κ2) is 8.26. The molecule has 1 aromatic carbocycles. The number of benzene rings is 1. The van der Waals surface area contributed by atoms with Crippen LogP contribution >= 0.6 is 11.6 Å². The quantitative estimate of drug-likeness (QED) is 0.372. The van der Waals surface area contributed by atoms with Crippen LogP contribution < -0.4 is 0 Å². The van der Waals surface area contributed by atoms with E-state index in [2.05, 4.69) is 21.9 Å². The SMILES string of the molecule is CCc1nc(Cl)cc2c1c(C(=O)OC)nn2-c1cccc(C#C[C@]2(O)CCN(C)C2=O)c1. The number of likely N-dealkylation sites (N-methyl/N-ethyl adjacent to an activating group) is 1. The Balaban J connectivity index is 1.83. The lowest BCUT2D eigenvalue weighted by Crippen LogP contribution is -2.37. The standard InChI is InChI=1S/C23H21ClN4O4/c1-4-16-19-17(13-18(24)25-16)28(26-20(19)21(29)32-3)15-7-5-6-14(12-15)8-9-23(31)10-11-27(2)22(23)30/h5-7,12-13,31H,4,10-11H2,1-3H3/t23-/m0/s1. The van der Waals surface area contributed by atoms with Crippen LogP contribution in [-0.4, -0.2) is 63.0 Å². The van der Waals surface area contributed by atoms with Gasteiger partial charge in [0, 0.05) is 31.6 Å². The van der Waals surface area contributed by atoms with Gasteiger partial charge in [-0.15, -0.1) is 0 Å². The predicted octanol–water partition coefficient (Wildman–Crippen LogP) is 2.37. The first-order valence-corrected chi connectivity index (χ1v) is 10.4. The summed E-state index contributed by atoms with van der Waals surface area (Å²) in [7, 11) is 2.93. The molecule has 32 heavy (non-hydrogen) atoms. The van der Waals surface area contributed by atoms with Gasteiger partial charge in [0.1, 0.15) is 5.15 Å². The third-order valence-corrected chi connectivity index (χ3v) is 5.63. The van der Waals surface area contributed by atoms with Crippen LogP contribution in [0.15, 0.2) is 30.3 Å². The minimum absolute atomic E-state index is 0.147. The van der Waals surface area contributed by atoms with Gasteiger partial charge < -0.3 is 14.7 Å². The summed E-state index contributed by atoms with van der Waals surface area (Å²) in [5.41, 5.74) is 0.922. The smallest absolute Gasteiger partial charge is 0.359 e. The van der Waals surface area contributed by atoms with Gasteiger partial charge in [-0.1, -0.05) is 36.4 Å². The fourth-order valence-electron chi connectivity index (χ4n) is 3.73. The number of carbonyl (C=O) groups excluding carboxylic acids is 2. The van der Waals surface area contributed by atoms with Gasteiger partial charge in [-0.05, 0) is 24.6 Å². The van der Waals surface area contributed by atoms with Gasteiger partial charge >= 0.3 is 5.97 Å². The molecule has 4 rings (SSSR count). The first-order valence-electron chi connectivity index (χ1n) is 10.1. The van der Waals surface area contributed by atoms with E-state index in [4.69, 9.17) is 16.3 Å². The largest absolute Gasteiger partial charge is 0.464 e. The molecule has 8 nitrogen and oxygen atoms in total. The number of pyridine rings is 1. The van der Waals surface area contributed by atoms with Crippen molar-refractivity contribution in [1.29, 1.82) is 0 Å². The Kier molecular flexibility index (Phi) is 5.63. The monoisotopic (exact) mass is 452 g/mol. The Morgan fingerprint density at radius 1 is 1.38 bits per heavy atom. The number of fused-ring (bicyclic) bond motifs is 1. The van der Waals surface area contributed by atoms with E-state index in [-0.39, 0.29) is 17.3 Å².